The molecule has 0 saturated carbocycles. The van der Waals surface area contributed by atoms with E-state index in [1.807, 2.05) is 6.92 Å². The van der Waals surface area contributed by atoms with Gasteiger partial charge in [-0.05, 0) is 12.5 Å². The molecule has 1 aromatic rings. The predicted molar refractivity (Wildman–Crippen MR) is 57.1 cm³/mol. The minimum absolute atomic E-state index is 0.0551. The Kier molecular flexibility index (Phi) is 3.24. The highest BCUT2D eigenvalue weighted by Crippen LogP contribution is 2.13. The normalized spacial score (nSPS) is 21.1. The fraction of sp³-hybridized carbons (Fsp3) is 0.545. The highest BCUT2D eigenvalue weighted by molar-refractivity contribution is 5.95. The number of H-pyrrole nitrogens is 1. The second kappa shape index (κ2) is 4.65. The first-order chi connectivity index (χ1) is 7.72. The van der Waals surface area contributed by atoms with Gasteiger partial charge in [0.2, 0.25) is 0 Å². The Labute approximate surface area is 93.4 Å². The SMILES string of the molecule is Cc1c[nH]cc1C(=O)N1CCOC(CF)C1. The second-order valence-electron chi connectivity index (χ2n) is 3.95. The molecule has 2 heterocycles. The van der Waals surface area contributed by atoms with Crippen molar-refractivity contribution < 1.29 is 13.9 Å². The molecular weight excluding hydrogens is 211 g/mol. The number of carbonyl (C=O) groups is 1. The second-order valence-corrected chi connectivity index (χ2v) is 3.95. The minimum atomic E-state index is -0.546. The molecule has 2 rings (SSSR count). The molecule has 88 valence electrons. The van der Waals surface area contributed by atoms with E-state index in [1.165, 1.54) is 0 Å². The predicted octanol–water partition coefficient (Wildman–Crippen LogP) is 1.13. The number of hydrogen-bond acceptors (Lipinski definition) is 2. The average molecular weight is 226 g/mol. The summed E-state index contributed by atoms with van der Waals surface area (Å²) in [6.45, 7) is 2.59. The zero-order valence-corrected chi connectivity index (χ0v) is 9.20. The number of aryl methyl sites for hydroxylation is 1. The third-order valence-electron chi connectivity index (χ3n) is 2.78. The maximum absolute atomic E-state index is 12.5. The van der Waals surface area contributed by atoms with Crippen LogP contribution in [-0.2, 0) is 4.74 Å². The number of amides is 1. The maximum atomic E-state index is 12.5. The van der Waals surface area contributed by atoms with E-state index in [0.29, 0.717) is 25.3 Å². The monoisotopic (exact) mass is 226 g/mol. The number of nitrogens with zero attached hydrogens (tertiary/aromatic N) is 1. The largest absolute Gasteiger partial charge is 0.372 e. The average Bonchev–Trinajstić information content (AvgIpc) is 2.74. The van der Waals surface area contributed by atoms with Gasteiger partial charge in [0.25, 0.3) is 5.91 Å². The summed E-state index contributed by atoms with van der Waals surface area (Å²) in [5.74, 6) is -0.0551. The van der Waals surface area contributed by atoms with E-state index >= 15 is 0 Å². The molecule has 1 atom stereocenters. The molecule has 1 unspecified atom stereocenters. The van der Waals surface area contributed by atoms with Crippen LogP contribution in [-0.4, -0.2) is 48.3 Å². The number of hydrogen-bond donors (Lipinski definition) is 1. The number of halogens is 1. The zero-order chi connectivity index (χ0) is 11.5. The fourth-order valence-electron chi connectivity index (χ4n) is 1.84. The van der Waals surface area contributed by atoms with Crippen LogP contribution in [0.2, 0.25) is 0 Å². The van der Waals surface area contributed by atoms with E-state index in [-0.39, 0.29) is 5.91 Å². The van der Waals surface area contributed by atoms with Crippen LogP contribution in [0.5, 0.6) is 0 Å². The Morgan fingerprint density at radius 1 is 1.69 bits per heavy atom. The zero-order valence-electron chi connectivity index (χ0n) is 9.20. The van der Waals surface area contributed by atoms with Crippen molar-refractivity contribution in [1.29, 1.82) is 0 Å². The van der Waals surface area contributed by atoms with Gasteiger partial charge >= 0.3 is 0 Å². The molecule has 1 aliphatic heterocycles. The standard InChI is InChI=1S/C11H15FN2O2/c1-8-5-13-6-10(8)11(15)14-2-3-16-9(4-12)7-14/h5-6,9,13H,2-4,7H2,1H3. The highest BCUT2D eigenvalue weighted by atomic mass is 19.1. The van der Waals surface area contributed by atoms with Crippen LogP contribution < -0.4 is 0 Å². The van der Waals surface area contributed by atoms with Crippen molar-refractivity contribution in [2.75, 3.05) is 26.4 Å². The van der Waals surface area contributed by atoms with Crippen LogP contribution in [0.1, 0.15) is 15.9 Å². The lowest BCUT2D eigenvalue weighted by molar-refractivity contribution is -0.0310. The van der Waals surface area contributed by atoms with Crippen LogP contribution in [0.15, 0.2) is 12.4 Å². The van der Waals surface area contributed by atoms with Gasteiger partial charge in [-0.3, -0.25) is 4.79 Å². The molecule has 1 N–H and O–H groups in total. The van der Waals surface area contributed by atoms with Gasteiger partial charge in [0, 0.05) is 25.5 Å². The number of aromatic amines is 1. The summed E-state index contributed by atoms with van der Waals surface area (Å²) in [7, 11) is 0. The Morgan fingerprint density at radius 2 is 2.50 bits per heavy atom. The number of nitrogens with one attached hydrogen (secondary N) is 1. The number of carbonyl (C=O) groups excluding carboxylic acids is 1. The van der Waals surface area contributed by atoms with E-state index in [2.05, 4.69) is 4.98 Å². The van der Waals surface area contributed by atoms with Gasteiger partial charge in [-0.2, -0.15) is 0 Å². The van der Waals surface area contributed by atoms with E-state index in [1.54, 1.807) is 17.3 Å². The number of aromatic nitrogens is 1. The van der Waals surface area contributed by atoms with Gasteiger partial charge in [-0.25, -0.2) is 4.39 Å². The van der Waals surface area contributed by atoms with Crippen molar-refractivity contribution in [2.45, 2.75) is 13.0 Å². The van der Waals surface area contributed by atoms with Crippen LogP contribution in [0, 0.1) is 6.92 Å². The van der Waals surface area contributed by atoms with Crippen molar-refractivity contribution in [2.24, 2.45) is 0 Å². The molecule has 1 amide bonds. The summed E-state index contributed by atoms with van der Waals surface area (Å²) in [5, 5.41) is 0. The van der Waals surface area contributed by atoms with Crippen molar-refractivity contribution in [3.05, 3.63) is 23.5 Å². The van der Waals surface area contributed by atoms with Crippen molar-refractivity contribution in [3.63, 3.8) is 0 Å². The summed E-state index contributed by atoms with van der Waals surface area (Å²) >= 11 is 0. The van der Waals surface area contributed by atoms with Crippen molar-refractivity contribution >= 4 is 5.91 Å². The van der Waals surface area contributed by atoms with Gasteiger partial charge < -0.3 is 14.6 Å². The third kappa shape index (κ3) is 2.09. The van der Waals surface area contributed by atoms with E-state index in [4.69, 9.17) is 4.74 Å². The maximum Gasteiger partial charge on any atom is 0.255 e. The Balaban J connectivity index is 2.07. The molecular formula is C11H15FN2O2. The molecule has 0 radical (unpaired) electrons. The Hall–Kier alpha value is -1.36. The summed E-state index contributed by atoms with van der Waals surface area (Å²) < 4.78 is 17.6. The number of ether oxygens (including phenoxy) is 1. The summed E-state index contributed by atoms with van der Waals surface area (Å²) in [6.07, 6.45) is 2.98. The van der Waals surface area contributed by atoms with Crippen LogP contribution in [0.4, 0.5) is 4.39 Å². The Morgan fingerprint density at radius 3 is 3.12 bits per heavy atom. The lowest BCUT2D eigenvalue weighted by Crippen LogP contribution is -2.46. The van der Waals surface area contributed by atoms with Gasteiger partial charge in [-0.15, -0.1) is 0 Å². The molecule has 0 aromatic carbocycles. The molecule has 1 aliphatic rings. The molecule has 16 heavy (non-hydrogen) atoms. The first-order valence-corrected chi connectivity index (χ1v) is 5.32. The molecule has 0 spiro atoms. The number of rotatable bonds is 2. The molecule has 5 heteroatoms. The van der Waals surface area contributed by atoms with Gasteiger partial charge in [0.15, 0.2) is 0 Å². The van der Waals surface area contributed by atoms with E-state index < -0.39 is 12.8 Å². The van der Waals surface area contributed by atoms with Gasteiger partial charge in [0.05, 0.1) is 12.2 Å². The quantitative estimate of drug-likeness (QED) is 0.821. The third-order valence-corrected chi connectivity index (χ3v) is 2.78. The lowest BCUT2D eigenvalue weighted by atomic mass is 10.2. The smallest absolute Gasteiger partial charge is 0.255 e. The topological polar surface area (TPSA) is 45.3 Å². The molecule has 4 nitrogen and oxygen atoms in total. The van der Waals surface area contributed by atoms with Crippen molar-refractivity contribution in [3.8, 4) is 0 Å². The highest BCUT2D eigenvalue weighted by Gasteiger charge is 2.25. The number of alkyl halides is 1. The molecule has 0 aliphatic carbocycles. The van der Waals surface area contributed by atoms with E-state index in [0.717, 1.165) is 5.56 Å². The summed E-state index contributed by atoms with van der Waals surface area (Å²) in [5.41, 5.74) is 1.56. The van der Waals surface area contributed by atoms with Gasteiger partial charge in [-0.1, -0.05) is 0 Å². The van der Waals surface area contributed by atoms with Crippen LogP contribution in [0.25, 0.3) is 0 Å². The van der Waals surface area contributed by atoms with Crippen molar-refractivity contribution in [1.82, 2.24) is 9.88 Å². The van der Waals surface area contributed by atoms with Crippen LogP contribution in [0.3, 0.4) is 0 Å². The summed E-state index contributed by atoms with van der Waals surface area (Å²) in [6, 6.07) is 0. The fourth-order valence-corrected chi connectivity index (χ4v) is 1.84. The number of morpholine rings is 1. The first-order valence-electron chi connectivity index (χ1n) is 5.32. The Bertz CT molecular complexity index is 378. The van der Waals surface area contributed by atoms with Crippen LogP contribution >= 0.6 is 0 Å². The van der Waals surface area contributed by atoms with Gasteiger partial charge in [0.1, 0.15) is 12.8 Å². The molecule has 1 aromatic heterocycles. The molecule has 1 saturated heterocycles. The molecule has 0 bridgehead atoms. The first kappa shape index (κ1) is 11.1. The summed E-state index contributed by atoms with van der Waals surface area (Å²) in [4.78, 5) is 16.6. The lowest BCUT2D eigenvalue weighted by Gasteiger charge is -2.31. The molecule has 1 fully saturated rings. The minimum Gasteiger partial charge on any atom is -0.372 e. The van der Waals surface area contributed by atoms with E-state index in [9.17, 15) is 9.18 Å².